The fourth-order valence-corrected chi connectivity index (χ4v) is 2.71. The van der Waals surface area contributed by atoms with Crippen molar-refractivity contribution >= 4 is 11.9 Å². The Morgan fingerprint density at radius 2 is 2.00 bits per heavy atom. The van der Waals surface area contributed by atoms with Gasteiger partial charge < -0.3 is 14.8 Å². The third kappa shape index (κ3) is 4.21. The van der Waals surface area contributed by atoms with Crippen molar-refractivity contribution in [2.75, 3.05) is 18.5 Å². The molecule has 0 amide bonds. The zero-order valence-electron chi connectivity index (χ0n) is 14.4. The van der Waals surface area contributed by atoms with Crippen molar-refractivity contribution in [1.82, 2.24) is 0 Å². The summed E-state index contributed by atoms with van der Waals surface area (Å²) in [4.78, 5) is 4.18. The lowest BCUT2D eigenvalue weighted by Crippen LogP contribution is -2.01. The van der Waals surface area contributed by atoms with E-state index in [2.05, 4.69) is 16.4 Å². The molecule has 2 aromatic carbocycles. The van der Waals surface area contributed by atoms with Crippen molar-refractivity contribution in [2.24, 2.45) is 10.9 Å². The SMILES string of the molecule is Cc1cc(NC2=CC=NC2)ccc1Oc1cccc(OCC2CC2)c1. The summed E-state index contributed by atoms with van der Waals surface area (Å²) in [5.74, 6) is 3.26. The lowest BCUT2D eigenvalue weighted by Gasteiger charge is -2.13. The number of benzene rings is 2. The van der Waals surface area contributed by atoms with Crippen LogP contribution in [0.5, 0.6) is 17.2 Å². The number of hydrogen-bond donors (Lipinski definition) is 1. The molecule has 0 spiro atoms. The predicted octanol–water partition coefficient (Wildman–Crippen LogP) is 4.96. The number of rotatable bonds is 7. The summed E-state index contributed by atoms with van der Waals surface area (Å²) in [5, 5.41) is 3.38. The number of nitrogens with zero attached hydrogens (tertiary/aromatic N) is 1. The van der Waals surface area contributed by atoms with Gasteiger partial charge in [0.25, 0.3) is 0 Å². The monoisotopic (exact) mass is 334 g/mol. The van der Waals surface area contributed by atoms with Gasteiger partial charge >= 0.3 is 0 Å². The molecule has 0 atom stereocenters. The highest BCUT2D eigenvalue weighted by atomic mass is 16.5. The van der Waals surface area contributed by atoms with Crippen molar-refractivity contribution in [3.05, 3.63) is 59.8 Å². The van der Waals surface area contributed by atoms with E-state index in [4.69, 9.17) is 9.47 Å². The van der Waals surface area contributed by atoms with Crippen LogP contribution in [0.25, 0.3) is 0 Å². The number of hydrogen-bond acceptors (Lipinski definition) is 4. The molecule has 2 aliphatic rings. The zero-order valence-corrected chi connectivity index (χ0v) is 14.4. The first-order valence-electron chi connectivity index (χ1n) is 8.74. The zero-order chi connectivity index (χ0) is 17.1. The highest BCUT2D eigenvalue weighted by Gasteiger charge is 2.21. The Morgan fingerprint density at radius 1 is 1.12 bits per heavy atom. The van der Waals surface area contributed by atoms with Crippen LogP contribution in [0, 0.1) is 12.8 Å². The average molecular weight is 334 g/mol. The van der Waals surface area contributed by atoms with Crippen LogP contribution >= 0.6 is 0 Å². The van der Waals surface area contributed by atoms with Gasteiger partial charge in [-0.05, 0) is 67.7 Å². The first kappa shape index (κ1) is 15.8. The normalized spacial score (nSPS) is 15.8. The number of aryl methyl sites for hydroxylation is 1. The number of aliphatic imine (C=N–C) groups is 1. The highest BCUT2D eigenvalue weighted by Crippen LogP contribution is 2.32. The first-order valence-corrected chi connectivity index (χ1v) is 8.74. The summed E-state index contributed by atoms with van der Waals surface area (Å²) in [6.07, 6.45) is 6.40. The molecule has 1 heterocycles. The molecular weight excluding hydrogens is 312 g/mol. The molecule has 0 unspecified atom stereocenters. The summed E-state index contributed by atoms with van der Waals surface area (Å²) >= 11 is 0. The van der Waals surface area contributed by atoms with E-state index in [0.29, 0.717) is 6.54 Å². The van der Waals surface area contributed by atoms with Gasteiger partial charge in [0, 0.05) is 23.7 Å². The Labute approximate surface area is 148 Å². The van der Waals surface area contributed by atoms with Crippen LogP contribution < -0.4 is 14.8 Å². The summed E-state index contributed by atoms with van der Waals surface area (Å²) in [5.41, 5.74) is 3.23. The van der Waals surface area contributed by atoms with E-state index in [1.807, 2.05) is 55.6 Å². The van der Waals surface area contributed by atoms with E-state index >= 15 is 0 Å². The molecule has 0 bridgehead atoms. The second kappa shape index (κ2) is 7.01. The fraction of sp³-hybridized carbons (Fsp3) is 0.286. The Bertz CT molecular complexity index is 822. The van der Waals surface area contributed by atoms with Crippen LogP contribution in [0.1, 0.15) is 18.4 Å². The molecule has 0 aromatic heterocycles. The summed E-state index contributed by atoms with van der Waals surface area (Å²) in [7, 11) is 0. The third-order valence-corrected chi connectivity index (χ3v) is 4.34. The van der Waals surface area contributed by atoms with Gasteiger partial charge in [-0.3, -0.25) is 4.99 Å². The van der Waals surface area contributed by atoms with Crippen LogP contribution in [-0.4, -0.2) is 19.4 Å². The molecule has 25 heavy (non-hydrogen) atoms. The van der Waals surface area contributed by atoms with Crippen molar-refractivity contribution in [1.29, 1.82) is 0 Å². The van der Waals surface area contributed by atoms with E-state index in [1.54, 1.807) is 0 Å². The quantitative estimate of drug-likeness (QED) is 0.778. The van der Waals surface area contributed by atoms with E-state index in [9.17, 15) is 0 Å². The molecule has 1 aliphatic carbocycles. The molecule has 0 radical (unpaired) electrons. The van der Waals surface area contributed by atoms with Crippen molar-refractivity contribution in [3.63, 3.8) is 0 Å². The fourth-order valence-electron chi connectivity index (χ4n) is 2.71. The molecule has 1 fully saturated rings. The van der Waals surface area contributed by atoms with Crippen LogP contribution in [0.2, 0.25) is 0 Å². The maximum absolute atomic E-state index is 6.05. The summed E-state index contributed by atoms with van der Waals surface area (Å²) in [6.45, 7) is 3.57. The van der Waals surface area contributed by atoms with Gasteiger partial charge in [-0.15, -0.1) is 0 Å². The number of anilines is 1. The van der Waals surface area contributed by atoms with Gasteiger partial charge in [-0.2, -0.15) is 0 Å². The molecule has 4 rings (SSSR count). The van der Waals surface area contributed by atoms with Crippen molar-refractivity contribution < 1.29 is 9.47 Å². The molecule has 0 saturated heterocycles. The van der Waals surface area contributed by atoms with Gasteiger partial charge in [-0.1, -0.05) is 6.07 Å². The van der Waals surface area contributed by atoms with E-state index < -0.39 is 0 Å². The smallest absolute Gasteiger partial charge is 0.131 e. The highest BCUT2D eigenvalue weighted by molar-refractivity contribution is 5.76. The van der Waals surface area contributed by atoms with Gasteiger partial charge in [-0.25, -0.2) is 0 Å². The summed E-state index contributed by atoms with van der Waals surface area (Å²) in [6, 6.07) is 14.0. The molecule has 1 aliphatic heterocycles. The van der Waals surface area contributed by atoms with Crippen LogP contribution in [0.15, 0.2) is 59.2 Å². The largest absolute Gasteiger partial charge is 0.493 e. The second-order valence-electron chi connectivity index (χ2n) is 6.62. The molecule has 128 valence electrons. The van der Waals surface area contributed by atoms with E-state index in [0.717, 1.165) is 46.7 Å². The third-order valence-electron chi connectivity index (χ3n) is 4.34. The van der Waals surface area contributed by atoms with Crippen molar-refractivity contribution in [2.45, 2.75) is 19.8 Å². The first-order chi connectivity index (χ1) is 12.3. The lowest BCUT2D eigenvalue weighted by molar-refractivity contribution is 0.298. The van der Waals surface area contributed by atoms with Crippen LogP contribution in [0.3, 0.4) is 0 Å². The van der Waals surface area contributed by atoms with Gasteiger partial charge in [0.2, 0.25) is 0 Å². The minimum absolute atomic E-state index is 0.713. The average Bonchev–Trinajstić information content (AvgIpc) is 3.31. The maximum atomic E-state index is 6.05. The van der Waals surface area contributed by atoms with Crippen LogP contribution in [0.4, 0.5) is 5.69 Å². The van der Waals surface area contributed by atoms with Gasteiger partial charge in [0.1, 0.15) is 17.2 Å². The molecule has 4 heteroatoms. The minimum atomic E-state index is 0.713. The Morgan fingerprint density at radius 3 is 2.76 bits per heavy atom. The summed E-state index contributed by atoms with van der Waals surface area (Å²) < 4.78 is 11.9. The Balaban J connectivity index is 1.42. The standard InChI is InChI=1S/C21H22N2O2/c1-15-11-17(23-18-9-10-22-13-18)7-8-21(15)25-20-4-2-3-19(12-20)24-14-16-5-6-16/h2-4,7-12,16,23H,5-6,13-14H2,1H3. The number of nitrogens with one attached hydrogen (secondary N) is 1. The minimum Gasteiger partial charge on any atom is -0.493 e. The van der Waals surface area contributed by atoms with E-state index in [-0.39, 0.29) is 0 Å². The molecule has 4 nitrogen and oxygen atoms in total. The number of ether oxygens (including phenoxy) is 2. The molecule has 2 aromatic rings. The van der Waals surface area contributed by atoms with Crippen molar-refractivity contribution in [3.8, 4) is 17.2 Å². The van der Waals surface area contributed by atoms with E-state index in [1.165, 1.54) is 12.8 Å². The van der Waals surface area contributed by atoms with Crippen LogP contribution in [-0.2, 0) is 0 Å². The molecule has 1 saturated carbocycles. The molecule has 1 N–H and O–H groups in total. The Hall–Kier alpha value is -2.75. The van der Waals surface area contributed by atoms with Gasteiger partial charge in [0.05, 0.1) is 13.2 Å². The predicted molar refractivity (Wildman–Crippen MR) is 101 cm³/mol. The second-order valence-corrected chi connectivity index (χ2v) is 6.62. The maximum Gasteiger partial charge on any atom is 0.131 e. The Kier molecular flexibility index (Phi) is 4.42. The van der Waals surface area contributed by atoms with Gasteiger partial charge in [0.15, 0.2) is 0 Å². The molecular formula is C21H22N2O2. The lowest BCUT2D eigenvalue weighted by atomic mass is 10.2. The topological polar surface area (TPSA) is 42.9 Å². The number of allylic oxidation sites excluding steroid dienone is 1.